The number of nitrogens with one attached hydrogen (secondary N) is 1. The lowest BCUT2D eigenvalue weighted by Gasteiger charge is -2.36. The van der Waals surface area contributed by atoms with Gasteiger partial charge in [-0.15, -0.1) is 35.3 Å². The van der Waals surface area contributed by atoms with Crippen molar-refractivity contribution in [3.05, 3.63) is 46.2 Å². The van der Waals surface area contributed by atoms with Crippen LogP contribution in [0.2, 0.25) is 0 Å². The number of nitrogens with zero attached hydrogens (tertiary/aromatic N) is 3. The minimum Gasteiger partial charge on any atom is -0.454 e. The number of guanidine groups is 1. The van der Waals surface area contributed by atoms with Gasteiger partial charge in [-0.25, -0.2) is 0 Å². The molecular weight excluding hydrogens is 487 g/mol. The van der Waals surface area contributed by atoms with Crippen molar-refractivity contribution < 1.29 is 9.47 Å². The number of hydrogen-bond acceptors (Lipinski definition) is 5. The van der Waals surface area contributed by atoms with Crippen LogP contribution in [0, 0.1) is 0 Å². The number of thiophene rings is 1. The summed E-state index contributed by atoms with van der Waals surface area (Å²) >= 11 is 1.81. The molecule has 0 spiro atoms. The fourth-order valence-corrected chi connectivity index (χ4v) is 4.21. The number of fused-ring (bicyclic) bond motifs is 1. The van der Waals surface area contributed by atoms with Crippen LogP contribution in [0.5, 0.6) is 11.5 Å². The van der Waals surface area contributed by atoms with E-state index in [1.165, 1.54) is 10.4 Å². The zero-order valence-corrected chi connectivity index (χ0v) is 19.2. The molecule has 8 heteroatoms. The Balaban J connectivity index is 0.00000225. The van der Waals surface area contributed by atoms with Gasteiger partial charge in [0, 0.05) is 51.2 Å². The molecule has 2 aliphatic rings. The molecule has 0 amide bonds. The lowest BCUT2D eigenvalue weighted by atomic mass is 10.1. The van der Waals surface area contributed by atoms with E-state index in [4.69, 9.17) is 9.47 Å². The first kappa shape index (κ1) is 21.2. The summed E-state index contributed by atoms with van der Waals surface area (Å²) in [4.78, 5) is 10.7. The lowest BCUT2D eigenvalue weighted by molar-refractivity contribution is 0.171. The SMILES string of the molecule is CN=C(NCCc1cccs1)N1CCN(Cc2ccc3c(c2)OCO3)CC1.I. The minimum atomic E-state index is 0. The van der Waals surface area contributed by atoms with Gasteiger partial charge < -0.3 is 19.7 Å². The summed E-state index contributed by atoms with van der Waals surface area (Å²) in [7, 11) is 1.87. The normalized spacial score (nSPS) is 16.8. The molecule has 2 aromatic rings. The second-order valence-electron chi connectivity index (χ2n) is 6.75. The van der Waals surface area contributed by atoms with Crippen molar-refractivity contribution in [3.8, 4) is 11.5 Å². The van der Waals surface area contributed by atoms with Crippen LogP contribution in [0.3, 0.4) is 0 Å². The van der Waals surface area contributed by atoms with E-state index in [9.17, 15) is 0 Å². The first-order valence-electron chi connectivity index (χ1n) is 9.41. The van der Waals surface area contributed by atoms with Gasteiger partial charge in [-0.05, 0) is 35.6 Å². The Labute approximate surface area is 187 Å². The molecule has 1 N–H and O–H groups in total. The Morgan fingerprint density at radius 3 is 2.71 bits per heavy atom. The summed E-state index contributed by atoms with van der Waals surface area (Å²) in [5, 5.41) is 5.63. The molecule has 0 radical (unpaired) electrons. The smallest absolute Gasteiger partial charge is 0.231 e. The second-order valence-corrected chi connectivity index (χ2v) is 7.79. The Morgan fingerprint density at radius 1 is 1.14 bits per heavy atom. The molecule has 0 atom stereocenters. The number of halogens is 1. The van der Waals surface area contributed by atoms with Crippen molar-refractivity contribution in [1.82, 2.24) is 15.1 Å². The van der Waals surface area contributed by atoms with Crippen LogP contribution < -0.4 is 14.8 Å². The molecule has 0 aliphatic carbocycles. The maximum Gasteiger partial charge on any atom is 0.231 e. The number of ether oxygens (including phenoxy) is 2. The van der Waals surface area contributed by atoms with Crippen LogP contribution in [0.25, 0.3) is 0 Å². The molecule has 1 aromatic heterocycles. The van der Waals surface area contributed by atoms with Crippen LogP contribution in [0.15, 0.2) is 40.7 Å². The van der Waals surface area contributed by atoms with Crippen molar-refractivity contribution >= 4 is 41.3 Å². The van der Waals surface area contributed by atoms with Crippen molar-refractivity contribution in [2.75, 3.05) is 46.6 Å². The standard InChI is InChI=1S/C20H26N4O2S.HI/c1-21-20(22-7-6-17-3-2-12-27-17)24-10-8-23(9-11-24)14-16-4-5-18-19(13-16)26-15-25-18;/h2-5,12-13H,6-11,14-15H2,1H3,(H,21,22);1H. The van der Waals surface area contributed by atoms with Crippen molar-refractivity contribution in [2.45, 2.75) is 13.0 Å². The Bertz CT molecular complexity index is 777. The molecule has 0 bridgehead atoms. The van der Waals surface area contributed by atoms with Gasteiger partial charge in [0.2, 0.25) is 6.79 Å². The van der Waals surface area contributed by atoms with Crippen LogP contribution in [-0.4, -0.2) is 62.3 Å². The summed E-state index contributed by atoms with van der Waals surface area (Å²) in [6, 6.07) is 10.5. The van der Waals surface area contributed by atoms with Gasteiger partial charge in [-0.3, -0.25) is 9.89 Å². The molecular formula is C20H27IN4O2S. The van der Waals surface area contributed by atoms with E-state index >= 15 is 0 Å². The largest absolute Gasteiger partial charge is 0.454 e. The highest BCUT2D eigenvalue weighted by Crippen LogP contribution is 2.32. The van der Waals surface area contributed by atoms with Gasteiger partial charge in [0.1, 0.15) is 0 Å². The van der Waals surface area contributed by atoms with E-state index in [1.54, 1.807) is 0 Å². The van der Waals surface area contributed by atoms with Crippen LogP contribution in [0.4, 0.5) is 0 Å². The molecule has 3 heterocycles. The Kier molecular flexibility index (Phi) is 7.81. The summed E-state index contributed by atoms with van der Waals surface area (Å²) in [5.74, 6) is 2.72. The molecule has 152 valence electrons. The van der Waals surface area contributed by atoms with E-state index in [-0.39, 0.29) is 24.0 Å². The van der Waals surface area contributed by atoms with Crippen molar-refractivity contribution in [1.29, 1.82) is 0 Å². The molecule has 0 saturated carbocycles. The minimum absolute atomic E-state index is 0. The van der Waals surface area contributed by atoms with Crippen LogP contribution >= 0.6 is 35.3 Å². The average molecular weight is 514 g/mol. The maximum absolute atomic E-state index is 5.48. The van der Waals surface area contributed by atoms with Gasteiger partial charge in [-0.1, -0.05) is 12.1 Å². The van der Waals surface area contributed by atoms with Gasteiger partial charge in [0.25, 0.3) is 0 Å². The van der Waals surface area contributed by atoms with Gasteiger partial charge >= 0.3 is 0 Å². The van der Waals surface area contributed by atoms with E-state index in [0.717, 1.165) is 63.1 Å². The molecule has 1 aromatic carbocycles. The van der Waals surface area contributed by atoms with Crippen LogP contribution in [-0.2, 0) is 13.0 Å². The summed E-state index contributed by atoms with van der Waals surface area (Å²) in [5.41, 5.74) is 1.27. The second kappa shape index (κ2) is 10.3. The van der Waals surface area contributed by atoms with E-state index in [1.807, 2.05) is 24.5 Å². The molecule has 1 fully saturated rings. The first-order chi connectivity index (χ1) is 13.3. The van der Waals surface area contributed by atoms with Crippen LogP contribution in [0.1, 0.15) is 10.4 Å². The molecule has 2 aliphatic heterocycles. The monoisotopic (exact) mass is 514 g/mol. The topological polar surface area (TPSA) is 49.3 Å². The molecule has 0 unspecified atom stereocenters. The Morgan fingerprint density at radius 2 is 1.96 bits per heavy atom. The Hall–Kier alpha value is -1.52. The number of aliphatic imine (C=N–C) groups is 1. The fourth-order valence-electron chi connectivity index (χ4n) is 3.50. The van der Waals surface area contributed by atoms with Gasteiger partial charge in [0.05, 0.1) is 0 Å². The first-order valence-corrected chi connectivity index (χ1v) is 10.3. The molecule has 4 rings (SSSR count). The third-order valence-electron chi connectivity index (χ3n) is 4.96. The molecule has 28 heavy (non-hydrogen) atoms. The summed E-state index contributed by atoms with van der Waals surface area (Å²) in [6.07, 6.45) is 1.04. The predicted octanol–water partition coefficient (Wildman–Crippen LogP) is 3.03. The van der Waals surface area contributed by atoms with E-state index in [2.05, 4.69) is 49.8 Å². The van der Waals surface area contributed by atoms with Crippen molar-refractivity contribution in [3.63, 3.8) is 0 Å². The fraction of sp³-hybridized carbons (Fsp3) is 0.450. The van der Waals surface area contributed by atoms with E-state index in [0.29, 0.717) is 6.79 Å². The van der Waals surface area contributed by atoms with E-state index < -0.39 is 0 Å². The number of rotatable bonds is 5. The third-order valence-corrected chi connectivity index (χ3v) is 5.90. The quantitative estimate of drug-likeness (QED) is 0.378. The zero-order chi connectivity index (χ0) is 18.5. The van der Waals surface area contributed by atoms with Gasteiger partial charge in [-0.2, -0.15) is 0 Å². The lowest BCUT2D eigenvalue weighted by Crippen LogP contribution is -2.52. The molecule has 1 saturated heterocycles. The highest BCUT2D eigenvalue weighted by atomic mass is 127. The molecule has 6 nitrogen and oxygen atoms in total. The average Bonchev–Trinajstić information content (AvgIpc) is 3.37. The number of benzene rings is 1. The number of piperazine rings is 1. The van der Waals surface area contributed by atoms with Gasteiger partial charge in [0.15, 0.2) is 17.5 Å². The zero-order valence-electron chi connectivity index (χ0n) is 16.1. The highest BCUT2D eigenvalue weighted by molar-refractivity contribution is 14.0. The summed E-state index contributed by atoms with van der Waals surface area (Å²) in [6.45, 7) is 6.22. The summed E-state index contributed by atoms with van der Waals surface area (Å²) < 4.78 is 10.9. The highest BCUT2D eigenvalue weighted by Gasteiger charge is 2.20. The third kappa shape index (κ3) is 5.30. The maximum atomic E-state index is 5.48. The predicted molar refractivity (Wildman–Crippen MR) is 124 cm³/mol. The number of hydrogen-bond donors (Lipinski definition) is 1. The van der Waals surface area contributed by atoms with Crippen molar-refractivity contribution in [2.24, 2.45) is 4.99 Å².